The van der Waals surface area contributed by atoms with Crippen molar-refractivity contribution >= 4 is 46.8 Å². The minimum absolute atomic E-state index is 0.302. The number of hydrogen-bond donors (Lipinski definition) is 4. The second kappa shape index (κ2) is 15.5. The lowest BCUT2D eigenvalue weighted by Crippen LogP contribution is -3.67. The van der Waals surface area contributed by atoms with Crippen LogP contribution in [0.2, 0.25) is 10.0 Å². The molecule has 0 aliphatic heterocycles. The standard InChI is InChI=1S/C21H30Cl2IN3O4/c1-3-5-7-8-9-17(20(29)30)26-19(28)18(24-12-6-4-2)27-21(31)25-14-10-11-15(22)16(23)13-14/h10-11,13,17-18H,3-9,12H2,1-2H3,(H3-,25,26,27,28,29,30,31)/p+1. The van der Waals surface area contributed by atoms with Crippen molar-refractivity contribution in [3.05, 3.63) is 28.2 Å². The minimum atomic E-state index is -1.06. The molecule has 0 saturated carbocycles. The summed E-state index contributed by atoms with van der Waals surface area (Å²) < 4.78 is 0.111. The molecule has 3 amide bonds. The zero-order chi connectivity index (χ0) is 23.2. The second-order valence-electron chi connectivity index (χ2n) is 7.04. The van der Waals surface area contributed by atoms with E-state index in [-0.39, 0.29) is 0 Å². The molecule has 0 spiro atoms. The van der Waals surface area contributed by atoms with Gasteiger partial charge in [-0.15, -0.1) is 0 Å². The highest BCUT2D eigenvalue weighted by molar-refractivity contribution is 6.42. The number of rotatable bonds is 14. The average Bonchev–Trinajstić information content (AvgIpc) is 2.72. The summed E-state index contributed by atoms with van der Waals surface area (Å²) in [6, 6.07) is 3.17. The van der Waals surface area contributed by atoms with Gasteiger partial charge in [-0.2, -0.15) is 0 Å². The normalized spacial score (nSPS) is 12.6. The molecule has 31 heavy (non-hydrogen) atoms. The van der Waals surface area contributed by atoms with Gasteiger partial charge in [0.05, 0.1) is 10.0 Å². The number of carbonyl (C=O) groups is 3. The summed E-state index contributed by atoms with van der Waals surface area (Å²) in [5.41, 5.74) is 0.442. The van der Waals surface area contributed by atoms with Gasteiger partial charge in [0.2, 0.25) is 0 Å². The molecule has 10 heteroatoms. The van der Waals surface area contributed by atoms with E-state index in [1.54, 1.807) is 12.1 Å². The number of halogens is 3. The Labute approximate surface area is 204 Å². The maximum atomic E-state index is 12.8. The largest absolute Gasteiger partial charge is 0.480 e. The van der Waals surface area contributed by atoms with E-state index in [9.17, 15) is 19.5 Å². The summed E-state index contributed by atoms with van der Waals surface area (Å²) in [4.78, 5) is 36.8. The fraction of sp³-hybridized carbons (Fsp3) is 0.571. The first-order chi connectivity index (χ1) is 14.8. The van der Waals surface area contributed by atoms with Crippen LogP contribution in [0.15, 0.2) is 18.2 Å². The molecule has 174 valence electrons. The lowest BCUT2D eigenvalue weighted by atomic mass is 10.1. The Morgan fingerprint density at radius 2 is 1.71 bits per heavy atom. The highest BCUT2D eigenvalue weighted by Crippen LogP contribution is 2.24. The van der Waals surface area contributed by atoms with Crippen LogP contribution in [0.3, 0.4) is 0 Å². The van der Waals surface area contributed by atoms with Crippen molar-refractivity contribution in [1.82, 2.24) is 10.6 Å². The number of hydrogen-bond acceptors (Lipinski definition) is 3. The Balaban J connectivity index is 2.75. The molecule has 1 aromatic carbocycles. The maximum absolute atomic E-state index is 12.8. The van der Waals surface area contributed by atoms with Gasteiger partial charge in [-0.05, 0) is 31.0 Å². The van der Waals surface area contributed by atoms with Gasteiger partial charge in [0.15, 0.2) is 0 Å². The molecular weight excluding hydrogens is 556 g/mol. The Morgan fingerprint density at radius 1 is 1.00 bits per heavy atom. The van der Waals surface area contributed by atoms with Crippen molar-refractivity contribution in [1.29, 1.82) is 0 Å². The Kier molecular flexibility index (Phi) is 13.9. The molecule has 0 bridgehead atoms. The number of amides is 3. The Morgan fingerprint density at radius 3 is 2.32 bits per heavy atom. The lowest BCUT2D eigenvalue weighted by molar-refractivity contribution is -0.680. The van der Waals surface area contributed by atoms with Crippen molar-refractivity contribution < 1.29 is 40.7 Å². The molecule has 7 nitrogen and oxygen atoms in total. The molecule has 0 aliphatic carbocycles. The summed E-state index contributed by atoms with van der Waals surface area (Å²) in [7, 11) is 0. The average molecular weight is 587 g/mol. The van der Waals surface area contributed by atoms with Crippen molar-refractivity contribution in [2.24, 2.45) is 0 Å². The zero-order valence-electron chi connectivity index (χ0n) is 17.8. The lowest BCUT2D eigenvalue weighted by Gasteiger charge is -2.16. The van der Waals surface area contributed by atoms with Crippen LogP contribution in [0, 0.1) is 0 Å². The summed E-state index contributed by atoms with van der Waals surface area (Å²) in [5, 5.41) is 18.1. The fourth-order valence-electron chi connectivity index (χ4n) is 2.63. The fourth-order valence-corrected chi connectivity index (χ4v) is 5.83. The van der Waals surface area contributed by atoms with Gasteiger partial charge in [-0.3, -0.25) is 10.1 Å². The molecule has 1 aromatic rings. The number of carboxylic acid groups (broad SMARTS) is 1. The van der Waals surface area contributed by atoms with Gasteiger partial charge in [-0.25, -0.2) is 9.59 Å². The smallest absolute Gasteiger partial charge is 0.326 e. The number of carbonyl (C=O) groups excluding carboxylic acids is 2. The monoisotopic (exact) mass is 586 g/mol. The third kappa shape index (κ3) is 11.2. The van der Waals surface area contributed by atoms with Crippen molar-refractivity contribution in [2.75, 3.05) is 9.74 Å². The van der Waals surface area contributed by atoms with Crippen LogP contribution in [0.25, 0.3) is 0 Å². The topological polar surface area (TPSA) is 108 Å². The van der Waals surface area contributed by atoms with E-state index in [1.165, 1.54) is 6.07 Å². The van der Waals surface area contributed by atoms with Crippen LogP contribution >= 0.6 is 23.2 Å². The van der Waals surface area contributed by atoms with Crippen LogP contribution < -0.4 is 37.2 Å². The number of nitrogens with one attached hydrogen (secondary N) is 3. The van der Waals surface area contributed by atoms with Crippen molar-refractivity contribution in [3.8, 4) is 0 Å². The van der Waals surface area contributed by atoms with E-state index in [2.05, 4.69) is 29.8 Å². The number of anilines is 1. The zero-order valence-corrected chi connectivity index (χ0v) is 21.5. The number of unbranched alkanes of at least 4 members (excludes halogenated alkanes) is 4. The van der Waals surface area contributed by atoms with Crippen LogP contribution in [0.1, 0.15) is 58.8 Å². The number of aliphatic carboxylic acids is 1. The molecule has 0 radical (unpaired) electrons. The number of alkyl halides is 2. The van der Waals surface area contributed by atoms with E-state index < -0.39 is 49.2 Å². The van der Waals surface area contributed by atoms with Gasteiger partial charge in [0.25, 0.3) is 5.91 Å². The molecule has 0 fully saturated rings. The summed E-state index contributed by atoms with van der Waals surface area (Å²) in [5.74, 6) is -1.51. The molecule has 1 rings (SSSR count). The summed E-state index contributed by atoms with van der Waals surface area (Å²) in [6.45, 7) is 4.13. The van der Waals surface area contributed by atoms with Gasteiger partial charge in [-0.1, -0.05) is 69.2 Å². The van der Waals surface area contributed by atoms with E-state index >= 15 is 0 Å². The van der Waals surface area contributed by atoms with Gasteiger partial charge in [0.1, 0.15) is 10.5 Å². The third-order valence-corrected chi connectivity index (χ3v) is 8.26. The first-order valence-corrected chi connectivity index (χ1v) is 13.9. The quantitative estimate of drug-likeness (QED) is 0.116. The van der Waals surface area contributed by atoms with E-state index in [1.807, 2.05) is 0 Å². The van der Waals surface area contributed by atoms with E-state index in [0.29, 0.717) is 22.2 Å². The highest BCUT2D eigenvalue weighted by atomic mass is 127. The second-order valence-corrected chi connectivity index (χ2v) is 11.1. The third-order valence-electron chi connectivity index (χ3n) is 4.38. The molecule has 4 N–H and O–H groups in total. The maximum Gasteiger partial charge on any atom is 0.326 e. The van der Waals surface area contributed by atoms with Crippen LogP contribution in [0.4, 0.5) is 10.5 Å². The first-order valence-electron chi connectivity index (χ1n) is 10.4. The Bertz CT molecular complexity index is 737. The number of benzene rings is 1. The van der Waals surface area contributed by atoms with Crippen LogP contribution in [0.5, 0.6) is 0 Å². The van der Waals surface area contributed by atoms with Crippen LogP contribution in [-0.4, -0.2) is 37.5 Å². The van der Waals surface area contributed by atoms with Gasteiger partial charge < -0.3 is 15.7 Å². The predicted molar refractivity (Wildman–Crippen MR) is 121 cm³/mol. The van der Waals surface area contributed by atoms with E-state index in [0.717, 1.165) is 43.0 Å². The van der Waals surface area contributed by atoms with Gasteiger partial charge >= 0.3 is 37.3 Å². The molecule has 0 heterocycles. The van der Waals surface area contributed by atoms with Crippen molar-refractivity contribution in [2.45, 2.75) is 68.9 Å². The first kappa shape index (κ1) is 27.8. The highest BCUT2D eigenvalue weighted by Gasteiger charge is 2.35. The van der Waals surface area contributed by atoms with Gasteiger partial charge in [0, 0.05) is 5.69 Å². The summed E-state index contributed by atoms with van der Waals surface area (Å²) in [6.07, 6.45) is 6.04. The Hall–Kier alpha value is -1.26. The molecule has 0 saturated heterocycles. The van der Waals surface area contributed by atoms with Crippen molar-refractivity contribution in [3.63, 3.8) is 0 Å². The molecule has 0 aliphatic rings. The number of carboxylic acids is 1. The molecule has 2 atom stereocenters. The van der Waals surface area contributed by atoms with Crippen LogP contribution in [-0.2, 0) is 9.59 Å². The number of urea groups is 1. The predicted octanol–water partition coefficient (Wildman–Crippen LogP) is 1.87. The minimum Gasteiger partial charge on any atom is -0.480 e. The van der Waals surface area contributed by atoms with E-state index in [4.69, 9.17) is 23.2 Å². The summed E-state index contributed by atoms with van der Waals surface area (Å²) >= 11 is 11.1. The molecule has 2 unspecified atom stereocenters. The molecule has 0 aromatic heterocycles. The SMILES string of the molecule is CCCCCCC(NC(=O)C(NC(=O)Nc1ccc(Cl)c(Cl)c1)[I+]CCCC)C(=O)O. The molecular formula is C21H31Cl2IN3O4+.